The van der Waals surface area contributed by atoms with Crippen LogP contribution in [0.2, 0.25) is 0 Å². The van der Waals surface area contributed by atoms with Crippen molar-refractivity contribution in [2.45, 2.75) is 61.5 Å². The van der Waals surface area contributed by atoms with Gasteiger partial charge in [-0.3, -0.25) is 9.69 Å². The van der Waals surface area contributed by atoms with E-state index in [1.54, 1.807) is 44.6 Å². The summed E-state index contributed by atoms with van der Waals surface area (Å²) in [6.07, 6.45) is -0.144. The molecule has 1 saturated carbocycles. The van der Waals surface area contributed by atoms with Crippen molar-refractivity contribution >= 4 is 26.9 Å². The van der Waals surface area contributed by atoms with Crippen LogP contribution >= 0.6 is 0 Å². The zero-order chi connectivity index (χ0) is 35.4. The van der Waals surface area contributed by atoms with E-state index in [0.29, 0.717) is 42.9 Å². The maximum absolute atomic E-state index is 14.6. The molecule has 50 heavy (non-hydrogen) atoms. The molecule has 3 aromatic carbocycles. The van der Waals surface area contributed by atoms with Crippen molar-refractivity contribution in [3.05, 3.63) is 89.1 Å². The number of nitrogens with zero attached hydrogens (tertiary/aromatic N) is 2. The van der Waals surface area contributed by atoms with Gasteiger partial charge in [0.15, 0.2) is 0 Å². The summed E-state index contributed by atoms with van der Waals surface area (Å²) in [5.74, 6) is -0.763. The number of esters is 1. The largest absolute Gasteiger partial charge is 0.497 e. The average molecular weight is 705 g/mol. The van der Waals surface area contributed by atoms with Crippen molar-refractivity contribution in [2.24, 2.45) is 11.8 Å². The van der Waals surface area contributed by atoms with Crippen LogP contribution in [0.25, 0.3) is 10.9 Å². The number of piperidine rings is 1. The topological polar surface area (TPSA) is 126 Å². The van der Waals surface area contributed by atoms with Crippen molar-refractivity contribution in [2.75, 3.05) is 41.5 Å². The SMILES string of the molecule is COC(=O)[C@H]1[C@H](OC)[C@@H](OCc2ccc(OC)cc2)C[C@H]2CN3CCc4c(n(S(=O)(=O)c5ccc(C)cc5)c5cc(OC)ccc45)[C@@H]3C[C@@]21O. The first-order chi connectivity index (χ1) is 24.0. The molecule has 0 amide bonds. The van der Waals surface area contributed by atoms with Crippen molar-refractivity contribution in [3.8, 4) is 11.5 Å². The molecule has 1 N–H and O–H groups in total. The van der Waals surface area contributed by atoms with Crippen LogP contribution in [0.15, 0.2) is 71.6 Å². The van der Waals surface area contributed by atoms with Gasteiger partial charge >= 0.3 is 5.97 Å². The number of rotatable bonds is 9. The van der Waals surface area contributed by atoms with Crippen LogP contribution < -0.4 is 9.47 Å². The Hall–Kier alpha value is -3.94. The fourth-order valence-electron chi connectivity index (χ4n) is 8.49. The number of methoxy groups -OCH3 is 4. The zero-order valence-corrected chi connectivity index (χ0v) is 29.8. The summed E-state index contributed by atoms with van der Waals surface area (Å²) in [7, 11) is 1.90. The molecule has 3 heterocycles. The average Bonchev–Trinajstić information content (AvgIpc) is 3.47. The standard InChI is InChI=1S/C38H44N2O9S/c1-23-6-13-28(14-7-23)50(43,44)40-31-19-27(46-3)12-15-29(31)30-16-17-39-21-25-18-33(49-22-24-8-10-26(45-2)11-9-24)36(47-4)34(37(41)48-5)38(25,42)20-32(39)35(30)40/h6-15,19,25,32-34,36,42H,16-18,20-22H2,1-5H3/t25-,32-,33-,34+,36+,38+/m0/s1. The Morgan fingerprint density at radius 1 is 0.960 bits per heavy atom. The van der Waals surface area contributed by atoms with Gasteiger partial charge in [0.05, 0.1) is 67.9 Å². The van der Waals surface area contributed by atoms with Gasteiger partial charge in [0, 0.05) is 37.6 Å². The van der Waals surface area contributed by atoms with E-state index in [4.69, 9.17) is 23.7 Å². The first-order valence-electron chi connectivity index (χ1n) is 16.9. The van der Waals surface area contributed by atoms with E-state index < -0.39 is 45.8 Å². The quantitative estimate of drug-likeness (QED) is 0.246. The van der Waals surface area contributed by atoms with Gasteiger partial charge in [0.1, 0.15) is 17.4 Å². The third-order valence-electron chi connectivity index (χ3n) is 11.0. The van der Waals surface area contributed by atoms with E-state index in [9.17, 15) is 18.3 Å². The number of carbonyl (C=O) groups excluding carboxylic acids is 1. The van der Waals surface area contributed by atoms with Gasteiger partial charge in [0.2, 0.25) is 0 Å². The molecule has 0 spiro atoms. The van der Waals surface area contributed by atoms with E-state index in [1.807, 2.05) is 43.3 Å². The first-order valence-corrected chi connectivity index (χ1v) is 18.3. The van der Waals surface area contributed by atoms with Crippen LogP contribution in [0.5, 0.6) is 11.5 Å². The maximum Gasteiger partial charge on any atom is 0.314 e. The fraction of sp³-hybridized carbons (Fsp3) is 0.447. The second-order valence-electron chi connectivity index (χ2n) is 13.6. The van der Waals surface area contributed by atoms with Gasteiger partial charge in [-0.2, -0.15) is 0 Å². The molecule has 11 nitrogen and oxygen atoms in total. The van der Waals surface area contributed by atoms with E-state index >= 15 is 0 Å². The Morgan fingerprint density at radius 3 is 2.32 bits per heavy atom. The van der Waals surface area contributed by atoms with E-state index in [1.165, 1.54) is 18.2 Å². The minimum Gasteiger partial charge on any atom is -0.497 e. The Labute approximate surface area is 292 Å². The summed E-state index contributed by atoms with van der Waals surface area (Å²) in [4.78, 5) is 16.1. The number of ether oxygens (including phenoxy) is 5. The number of fused-ring (bicyclic) bond motifs is 6. The highest BCUT2D eigenvalue weighted by Gasteiger charge is 2.62. The molecule has 4 aromatic rings. The van der Waals surface area contributed by atoms with Gasteiger partial charge in [-0.05, 0) is 73.7 Å². The van der Waals surface area contributed by atoms with Gasteiger partial charge < -0.3 is 28.8 Å². The monoisotopic (exact) mass is 704 g/mol. The molecule has 0 radical (unpaired) electrons. The predicted molar refractivity (Wildman–Crippen MR) is 186 cm³/mol. The van der Waals surface area contributed by atoms with Gasteiger partial charge in [-0.1, -0.05) is 29.8 Å². The van der Waals surface area contributed by atoms with Gasteiger partial charge in [0.25, 0.3) is 10.0 Å². The molecule has 6 atom stereocenters. The maximum atomic E-state index is 14.6. The molecule has 12 heteroatoms. The highest BCUT2D eigenvalue weighted by atomic mass is 32.2. The zero-order valence-electron chi connectivity index (χ0n) is 29.0. The third kappa shape index (κ3) is 5.67. The van der Waals surface area contributed by atoms with E-state index in [-0.39, 0.29) is 23.8 Å². The summed E-state index contributed by atoms with van der Waals surface area (Å²) < 4.78 is 59.3. The third-order valence-corrected chi connectivity index (χ3v) is 12.8. The molecule has 0 unspecified atom stereocenters. The van der Waals surface area contributed by atoms with Crippen LogP contribution in [0.4, 0.5) is 0 Å². The fourth-order valence-corrected chi connectivity index (χ4v) is 10.1. The molecule has 3 aliphatic rings. The summed E-state index contributed by atoms with van der Waals surface area (Å²) in [6.45, 7) is 3.29. The summed E-state index contributed by atoms with van der Waals surface area (Å²) in [5.41, 5.74) is 2.33. The summed E-state index contributed by atoms with van der Waals surface area (Å²) in [6, 6.07) is 19.4. The lowest BCUT2D eigenvalue weighted by atomic mass is 9.60. The Morgan fingerprint density at radius 2 is 1.66 bits per heavy atom. The summed E-state index contributed by atoms with van der Waals surface area (Å²) >= 11 is 0. The molecular formula is C38H44N2O9S. The molecule has 7 rings (SSSR count). The Bertz CT molecular complexity index is 1990. The smallest absolute Gasteiger partial charge is 0.314 e. The van der Waals surface area contributed by atoms with Crippen LogP contribution in [-0.4, -0.2) is 87.7 Å². The lowest BCUT2D eigenvalue weighted by Crippen LogP contribution is -2.67. The Balaban J connectivity index is 1.30. The molecule has 1 aliphatic carbocycles. The number of hydrogen-bond acceptors (Lipinski definition) is 10. The van der Waals surface area contributed by atoms with Gasteiger partial charge in [-0.15, -0.1) is 0 Å². The van der Waals surface area contributed by atoms with E-state index in [0.717, 1.165) is 27.8 Å². The number of benzene rings is 3. The summed E-state index contributed by atoms with van der Waals surface area (Å²) in [5, 5.41) is 13.6. The normalized spacial score (nSPS) is 26.5. The second kappa shape index (κ2) is 13.3. The van der Waals surface area contributed by atoms with Crippen molar-refractivity contribution in [1.82, 2.24) is 8.87 Å². The number of hydrogen-bond donors (Lipinski definition) is 1. The van der Waals surface area contributed by atoms with Crippen LogP contribution in [0.3, 0.4) is 0 Å². The molecule has 1 saturated heterocycles. The van der Waals surface area contributed by atoms with Crippen LogP contribution in [0, 0.1) is 18.8 Å². The molecular weight excluding hydrogens is 660 g/mol. The first kappa shape index (κ1) is 34.5. The molecule has 1 aromatic heterocycles. The Kier molecular flexibility index (Phi) is 9.19. The van der Waals surface area contributed by atoms with E-state index in [2.05, 4.69) is 4.90 Å². The second-order valence-corrected chi connectivity index (χ2v) is 15.4. The minimum atomic E-state index is -4.09. The number of carbonyl (C=O) groups is 1. The lowest BCUT2D eigenvalue weighted by molar-refractivity contribution is -0.234. The minimum absolute atomic E-state index is 0.104. The van der Waals surface area contributed by atoms with Crippen molar-refractivity contribution < 1.29 is 42.0 Å². The molecule has 266 valence electrons. The molecule has 2 fully saturated rings. The van der Waals surface area contributed by atoms with Crippen LogP contribution in [-0.2, 0) is 42.1 Å². The number of aromatic nitrogens is 1. The number of aryl methyl sites for hydroxylation is 1. The van der Waals surface area contributed by atoms with Gasteiger partial charge in [-0.25, -0.2) is 12.4 Å². The molecule has 0 bridgehead atoms. The van der Waals surface area contributed by atoms with Crippen molar-refractivity contribution in [1.29, 1.82) is 0 Å². The van der Waals surface area contributed by atoms with Crippen molar-refractivity contribution in [3.63, 3.8) is 0 Å². The highest BCUT2D eigenvalue weighted by Crippen LogP contribution is 2.54. The molecule has 2 aliphatic heterocycles. The lowest BCUT2D eigenvalue weighted by Gasteiger charge is -2.57. The highest BCUT2D eigenvalue weighted by molar-refractivity contribution is 7.90. The van der Waals surface area contributed by atoms with Crippen LogP contribution in [0.1, 0.15) is 41.3 Å². The number of aliphatic hydroxyl groups is 1. The predicted octanol–water partition coefficient (Wildman–Crippen LogP) is 4.65.